The number of hydrogen-bond acceptors (Lipinski definition) is 2. The van der Waals surface area contributed by atoms with Gasteiger partial charge >= 0.3 is 5.97 Å². The average Bonchev–Trinajstić information content (AvgIpc) is 2.23. The van der Waals surface area contributed by atoms with Gasteiger partial charge in [0.1, 0.15) is 5.82 Å². The lowest BCUT2D eigenvalue weighted by atomic mass is 9.94. The van der Waals surface area contributed by atoms with E-state index in [2.05, 4.69) is 5.32 Å². The van der Waals surface area contributed by atoms with Crippen molar-refractivity contribution < 1.29 is 14.3 Å². The van der Waals surface area contributed by atoms with Crippen LogP contribution in [0.4, 0.5) is 4.39 Å². The summed E-state index contributed by atoms with van der Waals surface area (Å²) in [6.45, 7) is 5.95. The molecule has 0 unspecified atom stereocenters. The molecule has 0 aliphatic heterocycles. The van der Waals surface area contributed by atoms with Crippen LogP contribution in [0.2, 0.25) is 0 Å². The van der Waals surface area contributed by atoms with E-state index in [1.165, 1.54) is 6.07 Å². The van der Waals surface area contributed by atoms with Gasteiger partial charge in [-0.2, -0.15) is 0 Å². The fraction of sp³-hybridized carbons (Fsp3) is 0.462. The van der Waals surface area contributed by atoms with Gasteiger partial charge in [0, 0.05) is 13.1 Å². The van der Waals surface area contributed by atoms with E-state index >= 15 is 0 Å². The predicted molar refractivity (Wildman–Crippen MR) is 64.3 cm³/mol. The highest BCUT2D eigenvalue weighted by Gasteiger charge is 2.26. The van der Waals surface area contributed by atoms with E-state index in [0.717, 1.165) is 5.56 Å². The van der Waals surface area contributed by atoms with Crippen molar-refractivity contribution in [3.63, 3.8) is 0 Å². The maximum atomic E-state index is 13.0. The molecule has 0 bridgehead atoms. The van der Waals surface area contributed by atoms with Crippen LogP contribution in [0.15, 0.2) is 18.2 Å². The van der Waals surface area contributed by atoms with Gasteiger partial charge in [-0.05, 0) is 38.0 Å². The quantitative estimate of drug-likeness (QED) is 0.829. The van der Waals surface area contributed by atoms with Crippen LogP contribution >= 0.6 is 0 Å². The number of benzene rings is 1. The summed E-state index contributed by atoms with van der Waals surface area (Å²) in [6, 6.07) is 4.88. The normalized spacial score (nSPS) is 11.5. The molecule has 1 aromatic rings. The second kappa shape index (κ2) is 5.27. The summed E-state index contributed by atoms with van der Waals surface area (Å²) >= 11 is 0. The van der Waals surface area contributed by atoms with Gasteiger partial charge < -0.3 is 10.4 Å². The Balaban J connectivity index is 2.51. The van der Waals surface area contributed by atoms with Crippen molar-refractivity contribution in [2.45, 2.75) is 27.3 Å². The summed E-state index contributed by atoms with van der Waals surface area (Å²) in [4.78, 5) is 10.9. The van der Waals surface area contributed by atoms with E-state index in [1.54, 1.807) is 32.9 Å². The summed E-state index contributed by atoms with van der Waals surface area (Å²) in [5.74, 6) is -1.06. The summed E-state index contributed by atoms with van der Waals surface area (Å²) < 4.78 is 13.0. The van der Waals surface area contributed by atoms with Crippen molar-refractivity contribution in [1.82, 2.24) is 5.32 Å². The number of aryl methyl sites for hydroxylation is 1. The molecule has 0 saturated carbocycles. The number of carbonyl (C=O) groups is 1. The summed E-state index contributed by atoms with van der Waals surface area (Å²) in [5.41, 5.74) is 0.751. The Kier molecular flexibility index (Phi) is 4.23. The molecule has 3 nitrogen and oxygen atoms in total. The van der Waals surface area contributed by atoms with Crippen molar-refractivity contribution in [2.24, 2.45) is 5.41 Å². The zero-order valence-corrected chi connectivity index (χ0v) is 10.4. The Morgan fingerprint density at radius 1 is 1.47 bits per heavy atom. The fourth-order valence-electron chi connectivity index (χ4n) is 1.41. The Morgan fingerprint density at radius 2 is 2.12 bits per heavy atom. The molecule has 0 fully saturated rings. The van der Waals surface area contributed by atoms with Crippen LogP contribution in [0.25, 0.3) is 0 Å². The number of carboxylic acid groups (broad SMARTS) is 1. The number of aliphatic carboxylic acids is 1. The molecule has 94 valence electrons. The van der Waals surface area contributed by atoms with E-state index < -0.39 is 11.4 Å². The van der Waals surface area contributed by atoms with E-state index in [4.69, 9.17) is 5.11 Å². The van der Waals surface area contributed by atoms with Crippen LogP contribution in [0, 0.1) is 18.2 Å². The van der Waals surface area contributed by atoms with E-state index in [-0.39, 0.29) is 5.82 Å². The third kappa shape index (κ3) is 3.82. The van der Waals surface area contributed by atoms with Crippen molar-refractivity contribution >= 4 is 5.97 Å². The monoisotopic (exact) mass is 239 g/mol. The van der Waals surface area contributed by atoms with Gasteiger partial charge in [-0.25, -0.2) is 4.39 Å². The summed E-state index contributed by atoms with van der Waals surface area (Å²) in [6.07, 6.45) is 0. The highest BCUT2D eigenvalue weighted by atomic mass is 19.1. The molecule has 1 rings (SSSR count). The molecule has 4 heteroatoms. The van der Waals surface area contributed by atoms with Gasteiger partial charge in [0.2, 0.25) is 0 Å². The number of hydrogen-bond donors (Lipinski definition) is 2. The SMILES string of the molecule is Cc1cc(CNCC(C)(C)C(=O)O)ccc1F. The largest absolute Gasteiger partial charge is 0.481 e. The minimum atomic E-state index is -0.833. The smallest absolute Gasteiger partial charge is 0.310 e. The van der Waals surface area contributed by atoms with E-state index in [1.807, 2.05) is 0 Å². The molecule has 0 saturated heterocycles. The Hall–Kier alpha value is -1.42. The molecule has 0 aromatic heterocycles. The van der Waals surface area contributed by atoms with Crippen LogP contribution < -0.4 is 5.32 Å². The minimum absolute atomic E-state index is 0.223. The molecular weight excluding hydrogens is 221 g/mol. The lowest BCUT2D eigenvalue weighted by Gasteiger charge is -2.19. The molecule has 1 aromatic carbocycles. The third-order valence-electron chi connectivity index (χ3n) is 2.70. The molecule has 0 spiro atoms. The first-order valence-electron chi connectivity index (χ1n) is 5.52. The average molecular weight is 239 g/mol. The van der Waals surface area contributed by atoms with Gasteiger partial charge in [-0.3, -0.25) is 4.79 Å². The topological polar surface area (TPSA) is 49.3 Å². The van der Waals surface area contributed by atoms with Crippen LogP contribution in [-0.2, 0) is 11.3 Å². The van der Waals surface area contributed by atoms with Gasteiger partial charge in [-0.1, -0.05) is 12.1 Å². The number of nitrogens with one attached hydrogen (secondary N) is 1. The summed E-state index contributed by atoms with van der Waals surface area (Å²) in [7, 11) is 0. The molecule has 2 N–H and O–H groups in total. The van der Waals surface area contributed by atoms with E-state index in [9.17, 15) is 9.18 Å². The molecule has 0 amide bonds. The minimum Gasteiger partial charge on any atom is -0.481 e. The first-order chi connectivity index (χ1) is 7.83. The summed E-state index contributed by atoms with van der Waals surface area (Å²) in [5, 5.41) is 12.0. The first kappa shape index (κ1) is 13.6. The second-order valence-electron chi connectivity index (χ2n) is 4.88. The van der Waals surface area contributed by atoms with Gasteiger partial charge in [0.25, 0.3) is 0 Å². The highest BCUT2D eigenvalue weighted by Crippen LogP contribution is 2.14. The lowest BCUT2D eigenvalue weighted by molar-refractivity contribution is -0.146. The maximum Gasteiger partial charge on any atom is 0.310 e. The Labute approximate surface area is 101 Å². The zero-order valence-electron chi connectivity index (χ0n) is 10.4. The third-order valence-corrected chi connectivity index (χ3v) is 2.70. The van der Waals surface area contributed by atoms with Crippen molar-refractivity contribution in [3.05, 3.63) is 35.1 Å². The number of rotatable bonds is 5. The molecular formula is C13H18FNO2. The lowest BCUT2D eigenvalue weighted by Crippen LogP contribution is -2.35. The maximum absolute atomic E-state index is 13.0. The second-order valence-corrected chi connectivity index (χ2v) is 4.88. The van der Waals surface area contributed by atoms with Crippen LogP contribution in [0.5, 0.6) is 0 Å². The van der Waals surface area contributed by atoms with Crippen molar-refractivity contribution in [1.29, 1.82) is 0 Å². The fourth-order valence-corrected chi connectivity index (χ4v) is 1.41. The van der Waals surface area contributed by atoms with Gasteiger partial charge in [-0.15, -0.1) is 0 Å². The molecule has 0 atom stereocenters. The van der Waals surface area contributed by atoms with Crippen LogP contribution in [0.3, 0.4) is 0 Å². The Bertz CT molecular complexity index is 416. The number of halogens is 1. The molecule has 0 aliphatic carbocycles. The molecule has 0 aliphatic rings. The van der Waals surface area contributed by atoms with Crippen molar-refractivity contribution in [2.75, 3.05) is 6.54 Å². The first-order valence-corrected chi connectivity index (χ1v) is 5.52. The molecule has 0 heterocycles. The van der Waals surface area contributed by atoms with Gasteiger partial charge in [0.15, 0.2) is 0 Å². The zero-order chi connectivity index (χ0) is 13.1. The van der Waals surface area contributed by atoms with E-state index in [0.29, 0.717) is 18.7 Å². The molecule has 0 radical (unpaired) electrons. The van der Waals surface area contributed by atoms with Crippen LogP contribution in [0.1, 0.15) is 25.0 Å². The molecule has 17 heavy (non-hydrogen) atoms. The standard InChI is InChI=1S/C13H18FNO2/c1-9-6-10(4-5-11(9)14)7-15-8-13(2,3)12(16)17/h4-6,15H,7-8H2,1-3H3,(H,16,17). The van der Waals surface area contributed by atoms with Crippen LogP contribution in [-0.4, -0.2) is 17.6 Å². The van der Waals surface area contributed by atoms with Crippen molar-refractivity contribution in [3.8, 4) is 0 Å². The van der Waals surface area contributed by atoms with Gasteiger partial charge in [0.05, 0.1) is 5.41 Å². The number of carboxylic acids is 1. The predicted octanol–water partition coefficient (Wildman–Crippen LogP) is 2.33. The Morgan fingerprint density at radius 3 is 2.65 bits per heavy atom. The highest BCUT2D eigenvalue weighted by molar-refractivity contribution is 5.73.